The lowest BCUT2D eigenvalue weighted by Crippen LogP contribution is -2.42. The molecule has 1 aromatic heterocycles. The molecule has 7 heteroatoms. The molecule has 0 spiro atoms. The smallest absolute Gasteiger partial charge is 0.254 e. The van der Waals surface area contributed by atoms with Gasteiger partial charge in [-0.3, -0.25) is 9.59 Å². The number of rotatable bonds is 5. The largest absolute Gasteiger partial charge is 0.367 e. The van der Waals surface area contributed by atoms with Crippen LogP contribution in [0.2, 0.25) is 0 Å². The van der Waals surface area contributed by atoms with Crippen molar-refractivity contribution in [3.05, 3.63) is 71.2 Å². The highest BCUT2D eigenvalue weighted by atomic mass is 16.2. The van der Waals surface area contributed by atoms with Crippen LogP contribution in [0.4, 0.5) is 17.2 Å². The van der Waals surface area contributed by atoms with E-state index in [9.17, 15) is 9.59 Å². The normalized spacial score (nSPS) is 20.0. The van der Waals surface area contributed by atoms with Gasteiger partial charge in [-0.2, -0.15) is 0 Å². The van der Waals surface area contributed by atoms with Crippen molar-refractivity contribution >= 4 is 29.0 Å². The molecule has 7 nitrogen and oxygen atoms in total. The van der Waals surface area contributed by atoms with Gasteiger partial charge in [0.05, 0.1) is 6.57 Å². The summed E-state index contributed by atoms with van der Waals surface area (Å²) in [6, 6.07) is 9.51. The number of aryl methyl sites for hydroxylation is 1. The molecule has 1 saturated carbocycles. The molecule has 1 aliphatic heterocycles. The molecule has 0 saturated heterocycles. The van der Waals surface area contributed by atoms with Crippen molar-refractivity contribution in [2.75, 3.05) is 10.6 Å². The molecule has 1 aromatic carbocycles. The second kappa shape index (κ2) is 8.60. The molecular formula is C24H25N5O2. The third kappa shape index (κ3) is 4.29. The van der Waals surface area contributed by atoms with E-state index in [1.54, 1.807) is 12.1 Å². The molecule has 2 aromatic rings. The second-order valence-corrected chi connectivity index (χ2v) is 8.07. The molecule has 2 aliphatic rings. The number of nitrogens with one attached hydrogen (secondary N) is 2. The van der Waals surface area contributed by atoms with Crippen LogP contribution in [0.15, 0.2) is 43.0 Å². The Morgan fingerprint density at radius 3 is 2.90 bits per heavy atom. The maximum atomic E-state index is 13.1. The molecular weight excluding hydrogens is 390 g/mol. The SMILES string of the molecule is [C-]#[N+]c1ccc(N[C@@H]2CCC[C@H](N3Cc4ccc(NC(=O)C=C)cc4C3=O)C2)nc1C. The predicted molar refractivity (Wildman–Crippen MR) is 120 cm³/mol. The van der Waals surface area contributed by atoms with E-state index < -0.39 is 0 Å². The van der Waals surface area contributed by atoms with Gasteiger partial charge < -0.3 is 15.5 Å². The van der Waals surface area contributed by atoms with Crippen LogP contribution in [-0.4, -0.2) is 33.8 Å². The Balaban J connectivity index is 1.44. The number of carbonyl (C=O) groups is 2. The van der Waals surface area contributed by atoms with Crippen LogP contribution in [0.1, 0.15) is 47.3 Å². The maximum Gasteiger partial charge on any atom is 0.254 e. The summed E-state index contributed by atoms with van der Waals surface area (Å²) < 4.78 is 0. The first-order valence-corrected chi connectivity index (χ1v) is 10.5. The summed E-state index contributed by atoms with van der Waals surface area (Å²) in [7, 11) is 0. The van der Waals surface area contributed by atoms with Crippen molar-refractivity contribution in [2.45, 2.75) is 51.2 Å². The van der Waals surface area contributed by atoms with Crippen molar-refractivity contribution in [2.24, 2.45) is 0 Å². The lowest BCUT2D eigenvalue weighted by atomic mass is 9.90. The highest BCUT2D eigenvalue weighted by molar-refractivity contribution is 6.02. The third-order valence-corrected chi connectivity index (χ3v) is 6.01. The summed E-state index contributed by atoms with van der Waals surface area (Å²) in [5, 5.41) is 6.21. The van der Waals surface area contributed by atoms with Gasteiger partial charge in [0.1, 0.15) is 5.82 Å². The number of nitrogens with zero attached hydrogens (tertiary/aromatic N) is 3. The number of amides is 2. The third-order valence-electron chi connectivity index (χ3n) is 6.01. The van der Waals surface area contributed by atoms with E-state index in [1.807, 2.05) is 30.0 Å². The van der Waals surface area contributed by atoms with Gasteiger partial charge in [-0.15, -0.1) is 0 Å². The molecule has 1 aliphatic carbocycles. The van der Waals surface area contributed by atoms with E-state index in [1.165, 1.54) is 6.08 Å². The Bertz CT molecular complexity index is 1090. The lowest BCUT2D eigenvalue weighted by Gasteiger charge is -2.35. The zero-order valence-electron chi connectivity index (χ0n) is 17.5. The fourth-order valence-electron chi connectivity index (χ4n) is 4.43. The quantitative estimate of drug-likeness (QED) is 0.559. The van der Waals surface area contributed by atoms with Gasteiger partial charge in [0.2, 0.25) is 11.6 Å². The van der Waals surface area contributed by atoms with Crippen LogP contribution in [0.3, 0.4) is 0 Å². The second-order valence-electron chi connectivity index (χ2n) is 8.07. The van der Waals surface area contributed by atoms with E-state index >= 15 is 0 Å². The fourth-order valence-corrected chi connectivity index (χ4v) is 4.43. The molecule has 0 bridgehead atoms. The van der Waals surface area contributed by atoms with Gasteiger partial charge in [0, 0.05) is 35.6 Å². The molecule has 158 valence electrons. The number of fused-ring (bicyclic) bond motifs is 1. The zero-order valence-corrected chi connectivity index (χ0v) is 17.5. The number of carbonyl (C=O) groups excluding carboxylic acids is 2. The molecule has 2 amide bonds. The Morgan fingerprint density at radius 2 is 2.16 bits per heavy atom. The van der Waals surface area contributed by atoms with Gasteiger partial charge in [0.15, 0.2) is 0 Å². The molecule has 2 atom stereocenters. The van der Waals surface area contributed by atoms with Gasteiger partial charge in [0.25, 0.3) is 5.91 Å². The number of hydrogen-bond acceptors (Lipinski definition) is 4. The number of hydrogen-bond donors (Lipinski definition) is 2. The Kier molecular flexibility index (Phi) is 5.72. The van der Waals surface area contributed by atoms with Gasteiger partial charge in [-0.25, -0.2) is 9.83 Å². The summed E-state index contributed by atoms with van der Waals surface area (Å²) in [5.41, 5.74) is 3.53. The maximum absolute atomic E-state index is 13.1. The number of aromatic nitrogens is 1. The Morgan fingerprint density at radius 1 is 1.32 bits per heavy atom. The minimum Gasteiger partial charge on any atom is -0.367 e. The van der Waals surface area contributed by atoms with Crippen LogP contribution in [0.25, 0.3) is 4.85 Å². The van der Waals surface area contributed by atoms with Crippen LogP contribution in [0.5, 0.6) is 0 Å². The Hall–Kier alpha value is -3.66. The molecule has 0 unspecified atom stereocenters. The number of pyridine rings is 1. The summed E-state index contributed by atoms with van der Waals surface area (Å²) in [6.45, 7) is 13.1. The molecule has 4 rings (SSSR count). The first-order valence-electron chi connectivity index (χ1n) is 10.5. The summed E-state index contributed by atoms with van der Waals surface area (Å²) in [6.07, 6.45) is 5.09. The first-order chi connectivity index (χ1) is 15.0. The summed E-state index contributed by atoms with van der Waals surface area (Å²) in [5.74, 6) is 0.497. The van der Waals surface area contributed by atoms with Crippen molar-refractivity contribution in [1.29, 1.82) is 0 Å². The standard InChI is InChI=1S/C24H25N5O2/c1-4-23(30)28-18-9-8-16-14-29(24(31)20(16)13-18)19-7-5-6-17(12-19)27-22-11-10-21(25-3)15(2)26-22/h4,8-11,13,17,19H,1,5-7,12,14H2,2H3,(H,26,27)(H,28,30)/t17-,19+/m1/s1. The van der Waals surface area contributed by atoms with Gasteiger partial charge in [-0.05, 0) is 62.4 Å². The topological polar surface area (TPSA) is 78.7 Å². The molecule has 1 fully saturated rings. The minimum absolute atomic E-state index is 0.0192. The van der Waals surface area contributed by atoms with Crippen LogP contribution in [-0.2, 0) is 11.3 Å². The highest BCUT2D eigenvalue weighted by Gasteiger charge is 2.35. The van der Waals surface area contributed by atoms with Gasteiger partial charge >= 0.3 is 0 Å². The fraction of sp³-hybridized carbons (Fsp3) is 0.333. The van der Waals surface area contributed by atoms with E-state index in [0.717, 1.165) is 42.8 Å². The molecule has 2 heterocycles. The minimum atomic E-state index is -0.295. The van der Waals surface area contributed by atoms with Crippen LogP contribution < -0.4 is 10.6 Å². The van der Waals surface area contributed by atoms with E-state index in [4.69, 9.17) is 6.57 Å². The van der Waals surface area contributed by atoms with Crippen molar-refractivity contribution in [3.63, 3.8) is 0 Å². The Labute approximate surface area is 182 Å². The van der Waals surface area contributed by atoms with Crippen molar-refractivity contribution < 1.29 is 9.59 Å². The monoisotopic (exact) mass is 415 g/mol. The lowest BCUT2D eigenvalue weighted by molar-refractivity contribution is -0.111. The average Bonchev–Trinajstić information content (AvgIpc) is 3.10. The van der Waals surface area contributed by atoms with E-state index in [-0.39, 0.29) is 23.9 Å². The molecule has 2 N–H and O–H groups in total. The summed E-state index contributed by atoms with van der Waals surface area (Å²) in [4.78, 5) is 34.6. The van der Waals surface area contributed by atoms with Crippen LogP contribution >= 0.6 is 0 Å². The van der Waals surface area contributed by atoms with Gasteiger partial charge in [-0.1, -0.05) is 18.7 Å². The molecule has 31 heavy (non-hydrogen) atoms. The van der Waals surface area contributed by atoms with Crippen LogP contribution in [0, 0.1) is 13.5 Å². The average molecular weight is 415 g/mol. The van der Waals surface area contributed by atoms with E-state index in [2.05, 4.69) is 27.0 Å². The number of benzene rings is 1. The highest BCUT2D eigenvalue weighted by Crippen LogP contribution is 2.33. The zero-order chi connectivity index (χ0) is 22.0. The van der Waals surface area contributed by atoms with Crippen molar-refractivity contribution in [1.82, 2.24) is 9.88 Å². The predicted octanol–water partition coefficient (Wildman–Crippen LogP) is 4.44. The number of anilines is 2. The van der Waals surface area contributed by atoms with E-state index in [0.29, 0.717) is 23.5 Å². The van der Waals surface area contributed by atoms with Crippen molar-refractivity contribution in [3.8, 4) is 0 Å². The first kappa shape index (κ1) is 20.6. The summed E-state index contributed by atoms with van der Waals surface area (Å²) >= 11 is 0. The molecule has 0 radical (unpaired) electrons.